The van der Waals surface area contributed by atoms with Gasteiger partial charge in [-0.05, 0) is 103 Å². The normalized spacial score (nSPS) is 39.3. The van der Waals surface area contributed by atoms with Gasteiger partial charge >= 0.3 is 0 Å². The molecule has 1 aromatic rings. The lowest BCUT2D eigenvalue weighted by molar-refractivity contribution is -0.127. The molecule has 3 fully saturated rings. The zero-order chi connectivity index (χ0) is 27.9. The summed E-state index contributed by atoms with van der Waals surface area (Å²) in [6, 6.07) is 9.92. The van der Waals surface area contributed by atoms with Gasteiger partial charge in [0.1, 0.15) is 0 Å². The number of aliphatic hydroxyl groups is 1. The second kappa shape index (κ2) is 11.4. The molecule has 0 bridgehead atoms. The second-order valence-electron chi connectivity index (χ2n) is 15.1. The molecule has 4 aliphatic carbocycles. The average molecular weight is 534 g/mol. The van der Waals surface area contributed by atoms with Crippen molar-refractivity contribution in [3.8, 4) is 0 Å². The number of benzene rings is 1. The van der Waals surface area contributed by atoms with Crippen LogP contribution in [0.25, 0.3) is 0 Å². The van der Waals surface area contributed by atoms with E-state index in [1.54, 1.807) is 0 Å². The average Bonchev–Trinajstić information content (AvgIpc) is 3.22. The fourth-order valence-electron chi connectivity index (χ4n) is 10.3. The maximum absolute atomic E-state index is 14.3. The van der Waals surface area contributed by atoms with E-state index >= 15 is 0 Å². The zero-order valence-corrected chi connectivity index (χ0v) is 25.4. The van der Waals surface area contributed by atoms with Crippen LogP contribution in [0.4, 0.5) is 0 Å². The van der Waals surface area contributed by atoms with Gasteiger partial charge in [0.2, 0.25) is 0 Å². The summed E-state index contributed by atoms with van der Waals surface area (Å²) in [7, 11) is 0. The van der Waals surface area contributed by atoms with E-state index in [9.17, 15) is 9.90 Å². The Bertz CT molecular complexity index is 1030. The van der Waals surface area contributed by atoms with Crippen molar-refractivity contribution in [3.05, 3.63) is 47.5 Å². The monoisotopic (exact) mass is 533 g/mol. The number of ketones is 1. The number of hydrogen-bond acceptors (Lipinski definition) is 3. The zero-order valence-electron chi connectivity index (χ0n) is 25.4. The lowest BCUT2D eigenvalue weighted by Gasteiger charge is -2.58. The van der Waals surface area contributed by atoms with Crippen LogP contribution in [0.2, 0.25) is 0 Å². The first kappa shape index (κ1) is 29.1. The van der Waals surface area contributed by atoms with Crippen molar-refractivity contribution in [2.75, 3.05) is 0 Å². The first-order valence-electron chi connectivity index (χ1n) is 16.3. The molecule has 3 N–H and O–H groups in total. The number of aliphatic hydroxyl groups excluding tert-OH is 1. The third-order valence-corrected chi connectivity index (χ3v) is 12.3. The summed E-state index contributed by atoms with van der Waals surface area (Å²) in [6.45, 7) is 12.2. The van der Waals surface area contributed by atoms with E-state index in [4.69, 9.17) is 5.73 Å². The van der Waals surface area contributed by atoms with Crippen LogP contribution in [0.5, 0.6) is 0 Å². The van der Waals surface area contributed by atoms with Crippen LogP contribution >= 0.6 is 0 Å². The van der Waals surface area contributed by atoms with Gasteiger partial charge in [0.15, 0.2) is 5.78 Å². The molecule has 3 nitrogen and oxygen atoms in total. The Hall–Kier alpha value is -1.45. The van der Waals surface area contributed by atoms with Crippen molar-refractivity contribution in [2.24, 2.45) is 58.0 Å². The molecule has 39 heavy (non-hydrogen) atoms. The molecule has 10 atom stereocenters. The first-order valence-corrected chi connectivity index (χ1v) is 16.3. The van der Waals surface area contributed by atoms with Crippen LogP contribution in [-0.2, 0) is 11.2 Å². The van der Waals surface area contributed by atoms with Gasteiger partial charge in [-0.25, -0.2) is 0 Å². The Labute approximate surface area is 238 Å². The minimum absolute atomic E-state index is 0.0814. The molecule has 4 aliphatic rings. The highest BCUT2D eigenvalue weighted by molar-refractivity contribution is 5.87. The van der Waals surface area contributed by atoms with Gasteiger partial charge in [-0.2, -0.15) is 0 Å². The van der Waals surface area contributed by atoms with E-state index in [1.807, 2.05) is 18.2 Å². The van der Waals surface area contributed by atoms with Gasteiger partial charge in [-0.15, -0.1) is 0 Å². The van der Waals surface area contributed by atoms with Crippen molar-refractivity contribution in [1.29, 1.82) is 0 Å². The smallest absolute Gasteiger partial charge is 0.153 e. The highest BCUT2D eigenvalue weighted by Crippen LogP contribution is 2.68. The number of Topliss-reactive ketones (excluding diaryl/α,β-unsaturated/α-hetero) is 1. The largest absolute Gasteiger partial charge is 0.393 e. The summed E-state index contributed by atoms with van der Waals surface area (Å²) in [4.78, 5) is 14.3. The minimum atomic E-state index is -0.419. The van der Waals surface area contributed by atoms with E-state index in [0.717, 1.165) is 38.0 Å². The van der Waals surface area contributed by atoms with E-state index in [0.29, 0.717) is 41.8 Å². The summed E-state index contributed by atoms with van der Waals surface area (Å²) in [6.07, 6.45) is 14.3. The predicted octanol–water partition coefficient (Wildman–Crippen LogP) is 7.75. The fraction of sp³-hybridized carbons (Fsp3) is 0.750. The van der Waals surface area contributed by atoms with Gasteiger partial charge < -0.3 is 10.8 Å². The van der Waals surface area contributed by atoms with Crippen molar-refractivity contribution in [1.82, 2.24) is 0 Å². The number of hydrogen-bond donors (Lipinski definition) is 2. The molecular weight excluding hydrogens is 478 g/mol. The van der Waals surface area contributed by atoms with Crippen molar-refractivity contribution < 1.29 is 9.90 Å². The van der Waals surface area contributed by atoms with Crippen LogP contribution in [0.15, 0.2) is 42.0 Å². The molecule has 216 valence electrons. The molecule has 0 aromatic heterocycles. The third kappa shape index (κ3) is 5.44. The number of nitrogens with two attached hydrogens (primary N) is 1. The van der Waals surface area contributed by atoms with Crippen molar-refractivity contribution in [3.63, 3.8) is 0 Å². The van der Waals surface area contributed by atoms with Crippen molar-refractivity contribution in [2.45, 2.75) is 117 Å². The number of fused-ring (bicyclic) bond motifs is 5. The number of allylic oxidation sites excluding steroid dienone is 1. The SMILES string of the molecule is CC(C)CCC[C@@H](C)[C@H]1C(C(=O)[C@@H](N)Cc2ccccc2)C[C@H]2[C@@H]3CC=C4C[C@@H](O)CC[C@]4(C)[C@H]3CC[C@]12C. The molecular formula is C36H55NO2. The fourth-order valence-corrected chi connectivity index (χ4v) is 10.3. The maximum Gasteiger partial charge on any atom is 0.153 e. The Morgan fingerprint density at radius 1 is 1.05 bits per heavy atom. The Balaban J connectivity index is 1.42. The molecule has 3 heteroatoms. The Morgan fingerprint density at radius 3 is 2.51 bits per heavy atom. The molecule has 0 spiro atoms. The summed E-state index contributed by atoms with van der Waals surface area (Å²) in [5, 5.41) is 10.4. The lowest BCUT2D eigenvalue weighted by atomic mass is 9.47. The van der Waals surface area contributed by atoms with Crippen LogP contribution in [-0.4, -0.2) is 23.0 Å². The maximum atomic E-state index is 14.3. The number of carbonyl (C=O) groups excluding carboxylic acids is 1. The second-order valence-corrected chi connectivity index (χ2v) is 15.1. The first-order chi connectivity index (χ1) is 18.5. The highest BCUT2D eigenvalue weighted by atomic mass is 16.3. The van der Waals surface area contributed by atoms with Crippen LogP contribution in [0.3, 0.4) is 0 Å². The Morgan fingerprint density at radius 2 is 1.79 bits per heavy atom. The van der Waals surface area contributed by atoms with Gasteiger partial charge in [-0.3, -0.25) is 4.79 Å². The van der Waals surface area contributed by atoms with Crippen LogP contribution in [0, 0.1) is 52.3 Å². The highest BCUT2D eigenvalue weighted by Gasteiger charge is 2.62. The quantitative estimate of drug-likeness (QED) is 0.319. The van der Waals surface area contributed by atoms with Gasteiger partial charge in [-0.1, -0.05) is 95.9 Å². The van der Waals surface area contributed by atoms with Gasteiger partial charge in [0.25, 0.3) is 0 Å². The molecule has 5 rings (SSSR count). The molecule has 0 amide bonds. The van der Waals surface area contributed by atoms with E-state index in [1.165, 1.54) is 43.2 Å². The van der Waals surface area contributed by atoms with Crippen molar-refractivity contribution >= 4 is 5.78 Å². The molecule has 1 aromatic carbocycles. The van der Waals surface area contributed by atoms with E-state index < -0.39 is 6.04 Å². The molecule has 0 saturated heterocycles. The minimum Gasteiger partial charge on any atom is -0.393 e. The summed E-state index contributed by atoms with van der Waals surface area (Å²) >= 11 is 0. The molecule has 0 aliphatic heterocycles. The molecule has 0 heterocycles. The topological polar surface area (TPSA) is 63.3 Å². The van der Waals surface area contributed by atoms with Crippen LogP contribution < -0.4 is 5.73 Å². The third-order valence-electron chi connectivity index (χ3n) is 12.3. The predicted molar refractivity (Wildman–Crippen MR) is 161 cm³/mol. The molecule has 1 unspecified atom stereocenters. The Kier molecular flexibility index (Phi) is 8.52. The van der Waals surface area contributed by atoms with Gasteiger partial charge in [0.05, 0.1) is 12.1 Å². The standard InChI is InChI=1S/C36H55NO2/c1-23(2)10-9-11-24(3)33-29(34(39)32(37)20-25-12-7-6-8-13-25)22-31-28-15-14-26-21-27(38)16-18-35(26,4)30(28)17-19-36(31,33)5/h6-8,12-14,23-24,27-33,38H,9-11,15-22,37H2,1-5H3/t24-,27+,28-,29?,30+,31+,32+,33+,35+,36+/m1/s1. The lowest BCUT2D eigenvalue weighted by Crippen LogP contribution is -2.51. The van der Waals surface area contributed by atoms with E-state index in [-0.39, 0.29) is 22.9 Å². The summed E-state index contributed by atoms with van der Waals surface area (Å²) in [5.74, 6) is 4.04. The van der Waals surface area contributed by atoms with Gasteiger partial charge in [0, 0.05) is 5.92 Å². The summed E-state index contributed by atoms with van der Waals surface area (Å²) in [5.41, 5.74) is 9.87. The van der Waals surface area contributed by atoms with E-state index in [2.05, 4.69) is 52.8 Å². The molecule has 0 radical (unpaired) electrons. The number of rotatable bonds is 9. The summed E-state index contributed by atoms with van der Waals surface area (Å²) < 4.78 is 0. The molecule has 3 saturated carbocycles. The van der Waals surface area contributed by atoms with Crippen LogP contribution in [0.1, 0.15) is 104 Å². The number of carbonyl (C=O) groups is 1.